The zero-order valence-corrected chi connectivity index (χ0v) is 12.5. The molecule has 19 heavy (non-hydrogen) atoms. The Bertz CT molecular complexity index is 570. The summed E-state index contributed by atoms with van der Waals surface area (Å²) < 4.78 is 32.9. The Balaban J connectivity index is 1.96. The highest BCUT2D eigenvalue weighted by atomic mass is 32.2. The molecule has 3 heterocycles. The second kappa shape index (κ2) is 4.82. The fraction of sp³-hybridized carbons (Fsp3) is 0.667. The highest BCUT2D eigenvalue weighted by Gasteiger charge is 2.40. The molecule has 3 rings (SSSR count). The number of hydrogen-bond acceptors (Lipinski definition) is 5. The van der Waals surface area contributed by atoms with E-state index in [2.05, 4.69) is 0 Å². The lowest BCUT2D eigenvalue weighted by molar-refractivity contribution is -0.0114. The average Bonchev–Trinajstić information content (AvgIpc) is 2.92. The van der Waals surface area contributed by atoms with Crippen molar-refractivity contribution in [2.75, 3.05) is 13.1 Å². The number of morpholine rings is 1. The molecule has 5 nitrogen and oxygen atoms in total. The molecule has 2 aliphatic heterocycles. The van der Waals surface area contributed by atoms with Gasteiger partial charge in [0.15, 0.2) is 0 Å². The van der Waals surface area contributed by atoms with Gasteiger partial charge in [-0.2, -0.15) is 4.31 Å². The summed E-state index contributed by atoms with van der Waals surface area (Å²) in [5, 5.41) is 1.87. The lowest BCUT2D eigenvalue weighted by atomic mass is 10.2. The third kappa shape index (κ3) is 2.23. The summed E-state index contributed by atoms with van der Waals surface area (Å²) in [5.74, 6) is 0. The topological polar surface area (TPSA) is 72.6 Å². The van der Waals surface area contributed by atoms with E-state index in [1.807, 2.05) is 12.3 Å². The van der Waals surface area contributed by atoms with E-state index in [0.717, 1.165) is 23.3 Å². The first-order chi connectivity index (χ1) is 9.02. The van der Waals surface area contributed by atoms with Crippen LogP contribution in [0.4, 0.5) is 0 Å². The first-order valence-electron chi connectivity index (χ1n) is 6.45. The van der Waals surface area contributed by atoms with Crippen LogP contribution in [0.3, 0.4) is 0 Å². The predicted molar refractivity (Wildman–Crippen MR) is 73.6 cm³/mol. The number of nitrogens with two attached hydrogens (primary N) is 1. The second-order valence-corrected chi connectivity index (χ2v) is 7.99. The average molecular weight is 302 g/mol. The molecule has 1 aromatic rings. The van der Waals surface area contributed by atoms with Crippen LogP contribution in [0.1, 0.15) is 23.3 Å². The number of ether oxygens (including phenoxy) is 1. The molecule has 0 radical (unpaired) electrons. The van der Waals surface area contributed by atoms with Crippen LogP contribution < -0.4 is 5.73 Å². The Kier molecular flexibility index (Phi) is 3.43. The summed E-state index contributed by atoms with van der Waals surface area (Å²) >= 11 is 1.42. The van der Waals surface area contributed by atoms with E-state index < -0.39 is 10.0 Å². The van der Waals surface area contributed by atoms with Crippen molar-refractivity contribution in [1.82, 2.24) is 4.31 Å². The number of sulfonamides is 1. The van der Waals surface area contributed by atoms with Gasteiger partial charge in [-0.15, -0.1) is 11.3 Å². The Hall–Kier alpha value is -0.470. The molecule has 2 unspecified atom stereocenters. The van der Waals surface area contributed by atoms with Gasteiger partial charge in [0.2, 0.25) is 10.0 Å². The maximum absolute atomic E-state index is 12.8. The van der Waals surface area contributed by atoms with Crippen molar-refractivity contribution in [2.45, 2.75) is 43.4 Å². The lowest BCUT2D eigenvalue weighted by Gasteiger charge is -2.31. The van der Waals surface area contributed by atoms with Crippen LogP contribution in [0.2, 0.25) is 0 Å². The number of thiophene rings is 1. The van der Waals surface area contributed by atoms with Crippen LogP contribution in [0.15, 0.2) is 10.3 Å². The first kappa shape index (κ1) is 13.5. The number of hydrogen-bond donors (Lipinski definition) is 1. The second-order valence-electron chi connectivity index (χ2n) is 5.15. The normalized spacial score (nSPS) is 27.9. The molecule has 7 heteroatoms. The molecule has 2 aliphatic rings. The van der Waals surface area contributed by atoms with E-state index >= 15 is 0 Å². The van der Waals surface area contributed by atoms with E-state index in [0.29, 0.717) is 18.0 Å². The molecule has 2 saturated heterocycles. The Labute approximate surface area is 117 Å². The summed E-state index contributed by atoms with van der Waals surface area (Å²) in [7, 11) is -3.43. The standard InChI is InChI=1S/C12H18N2O3S2/c1-8-7-18-11(4-13)12(8)19(15,16)14-5-9-2-3-10(6-14)17-9/h7,9-10H,2-6,13H2,1H3. The molecule has 0 saturated carbocycles. The van der Waals surface area contributed by atoms with Gasteiger partial charge in [0, 0.05) is 24.5 Å². The van der Waals surface area contributed by atoms with E-state index in [1.165, 1.54) is 11.3 Å². The van der Waals surface area contributed by atoms with Crippen LogP contribution in [0, 0.1) is 6.92 Å². The zero-order chi connectivity index (χ0) is 13.6. The number of rotatable bonds is 3. The largest absolute Gasteiger partial charge is 0.372 e. The van der Waals surface area contributed by atoms with Crippen molar-refractivity contribution in [3.8, 4) is 0 Å². The highest BCUT2D eigenvalue weighted by molar-refractivity contribution is 7.89. The van der Waals surface area contributed by atoms with E-state index in [1.54, 1.807) is 4.31 Å². The number of nitrogens with zero attached hydrogens (tertiary/aromatic N) is 1. The summed E-state index contributed by atoms with van der Waals surface area (Å²) in [6, 6.07) is 0. The van der Waals surface area contributed by atoms with Gasteiger partial charge in [-0.05, 0) is 30.7 Å². The van der Waals surface area contributed by atoms with Crippen LogP contribution in [-0.4, -0.2) is 38.0 Å². The quantitative estimate of drug-likeness (QED) is 0.906. The molecule has 0 aliphatic carbocycles. The third-order valence-corrected chi connectivity index (χ3v) is 7.10. The van der Waals surface area contributed by atoms with Crippen molar-refractivity contribution in [3.05, 3.63) is 15.8 Å². The highest BCUT2D eigenvalue weighted by Crippen LogP contribution is 2.33. The number of fused-ring (bicyclic) bond motifs is 2. The Morgan fingerprint density at radius 2 is 2.05 bits per heavy atom. The summed E-state index contributed by atoms with van der Waals surface area (Å²) in [6.07, 6.45) is 2.05. The molecule has 2 N–H and O–H groups in total. The Morgan fingerprint density at radius 1 is 1.42 bits per heavy atom. The van der Waals surface area contributed by atoms with Gasteiger partial charge in [-0.1, -0.05) is 0 Å². The molecular formula is C12H18N2O3S2. The smallest absolute Gasteiger partial charge is 0.244 e. The lowest BCUT2D eigenvalue weighted by Crippen LogP contribution is -2.45. The van der Waals surface area contributed by atoms with Crippen molar-refractivity contribution in [3.63, 3.8) is 0 Å². The fourth-order valence-electron chi connectivity index (χ4n) is 2.88. The van der Waals surface area contributed by atoms with E-state index in [9.17, 15) is 8.42 Å². The van der Waals surface area contributed by atoms with Gasteiger partial charge in [0.1, 0.15) is 4.90 Å². The van der Waals surface area contributed by atoms with Gasteiger partial charge in [0.25, 0.3) is 0 Å². The molecule has 0 aromatic carbocycles. The summed E-state index contributed by atoms with van der Waals surface area (Å²) in [6.45, 7) is 3.04. The molecular weight excluding hydrogens is 284 g/mol. The third-order valence-electron chi connectivity index (χ3n) is 3.78. The maximum Gasteiger partial charge on any atom is 0.244 e. The van der Waals surface area contributed by atoms with E-state index in [-0.39, 0.29) is 18.8 Å². The van der Waals surface area contributed by atoms with Gasteiger partial charge >= 0.3 is 0 Å². The Morgan fingerprint density at radius 3 is 2.63 bits per heavy atom. The molecule has 106 valence electrons. The van der Waals surface area contributed by atoms with Gasteiger partial charge in [-0.25, -0.2) is 8.42 Å². The van der Waals surface area contributed by atoms with Crippen molar-refractivity contribution in [2.24, 2.45) is 5.73 Å². The molecule has 2 atom stereocenters. The predicted octanol–water partition coefficient (Wildman–Crippen LogP) is 1.07. The van der Waals surface area contributed by atoms with Crippen molar-refractivity contribution in [1.29, 1.82) is 0 Å². The maximum atomic E-state index is 12.8. The van der Waals surface area contributed by atoms with Crippen LogP contribution in [0.25, 0.3) is 0 Å². The van der Waals surface area contributed by atoms with Crippen LogP contribution >= 0.6 is 11.3 Å². The summed E-state index contributed by atoms with van der Waals surface area (Å²) in [4.78, 5) is 1.16. The minimum Gasteiger partial charge on any atom is -0.372 e. The van der Waals surface area contributed by atoms with Crippen LogP contribution in [0.5, 0.6) is 0 Å². The summed E-state index contributed by atoms with van der Waals surface area (Å²) in [5.41, 5.74) is 6.46. The molecule has 0 spiro atoms. The molecule has 2 fully saturated rings. The first-order valence-corrected chi connectivity index (χ1v) is 8.77. The van der Waals surface area contributed by atoms with Crippen molar-refractivity contribution >= 4 is 21.4 Å². The fourth-order valence-corrected chi connectivity index (χ4v) is 6.03. The molecule has 1 aromatic heterocycles. The van der Waals surface area contributed by atoms with Gasteiger partial charge in [0.05, 0.1) is 12.2 Å². The SMILES string of the molecule is Cc1csc(CN)c1S(=O)(=O)N1CC2CCC(C1)O2. The van der Waals surface area contributed by atoms with Crippen molar-refractivity contribution < 1.29 is 13.2 Å². The van der Waals surface area contributed by atoms with Gasteiger partial charge in [-0.3, -0.25) is 0 Å². The van der Waals surface area contributed by atoms with E-state index in [4.69, 9.17) is 10.5 Å². The molecule has 2 bridgehead atoms. The number of aryl methyl sites for hydroxylation is 1. The van der Waals surface area contributed by atoms with Gasteiger partial charge < -0.3 is 10.5 Å². The van der Waals surface area contributed by atoms with Crippen LogP contribution in [-0.2, 0) is 21.3 Å². The monoisotopic (exact) mass is 302 g/mol. The minimum absolute atomic E-state index is 0.0637. The zero-order valence-electron chi connectivity index (χ0n) is 10.8. The minimum atomic E-state index is -3.43. The molecule has 0 amide bonds.